The zero-order valence-electron chi connectivity index (χ0n) is 14.6. The number of rotatable bonds is 1. The number of aromatic nitrogens is 1. The number of aliphatic hydroxyl groups excluding tert-OH is 1. The lowest BCUT2D eigenvalue weighted by Gasteiger charge is -2.42. The Kier molecular flexibility index (Phi) is 3.60. The van der Waals surface area contributed by atoms with E-state index in [9.17, 15) is 13.9 Å². The van der Waals surface area contributed by atoms with Crippen LogP contribution in [0.25, 0.3) is 22.0 Å². The summed E-state index contributed by atoms with van der Waals surface area (Å²) in [5.41, 5.74) is -0.806. The first-order valence-electron chi connectivity index (χ1n) is 8.47. The van der Waals surface area contributed by atoms with Crippen molar-refractivity contribution in [2.45, 2.75) is 38.3 Å². The van der Waals surface area contributed by atoms with Gasteiger partial charge in [0.1, 0.15) is 5.82 Å². The SMILES string of the molecule is C[C@H]1c2c(F)c(-c3cccc4cc[nH]c34)c(F)c(F)c2NC(C)(C)[C@@H]1O. The molecule has 4 rings (SSSR count). The summed E-state index contributed by atoms with van der Waals surface area (Å²) in [7, 11) is 0. The third-order valence-electron chi connectivity index (χ3n) is 5.33. The van der Waals surface area contributed by atoms with E-state index in [1.165, 1.54) is 0 Å². The van der Waals surface area contributed by atoms with Gasteiger partial charge >= 0.3 is 0 Å². The molecule has 0 unspecified atom stereocenters. The van der Waals surface area contributed by atoms with Crippen molar-refractivity contribution in [1.29, 1.82) is 0 Å². The van der Waals surface area contributed by atoms with E-state index in [1.807, 2.05) is 0 Å². The number of aromatic amines is 1. The zero-order chi connectivity index (χ0) is 18.8. The van der Waals surface area contributed by atoms with Crippen LogP contribution in [-0.4, -0.2) is 21.7 Å². The predicted octanol–water partition coefficient (Wildman–Crippen LogP) is 4.92. The van der Waals surface area contributed by atoms with E-state index in [0.29, 0.717) is 5.52 Å². The average Bonchev–Trinajstić information content (AvgIpc) is 3.07. The second kappa shape index (κ2) is 5.51. The van der Waals surface area contributed by atoms with Crippen molar-refractivity contribution in [3.05, 3.63) is 53.5 Å². The van der Waals surface area contributed by atoms with Gasteiger partial charge < -0.3 is 15.4 Å². The van der Waals surface area contributed by atoms with Crippen LogP contribution in [0.5, 0.6) is 0 Å². The first-order chi connectivity index (χ1) is 12.2. The summed E-state index contributed by atoms with van der Waals surface area (Å²) in [6.07, 6.45) is 0.707. The Morgan fingerprint density at radius 2 is 1.77 bits per heavy atom. The van der Waals surface area contributed by atoms with Gasteiger partial charge in [0.15, 0.2) is 11.6 Å². The molecular formula is C20H19F3N2O. The zero-order valence-corrected chi connectivity index (χ0v) is 14.6. The maximum atomic E-state index is 15.4. The van der Waals surface area contributed by atoms with Gasteiger partial charge in [0, 0.05) is 23.2 Å². The number of benzene rings is 2. The van der Waals surface area contributed by atoms with Crippen LogP contribution in [0.15, 0.2) is 30.5 Å². The lowest BCUT2D eigenvalue weighted by molar-refractivity contribution is 0.0849. The van der Waals surface area contributed by atoms with Gasteiger partial charge in [-0.25, -0.2) is 13.2 Å². The number of nitrogens with one attached hydrogen (secondary N) is 2. The molecule has 0 spiro atoms. The van der Waals surface area contributed by atoms with Gasteiger partial charge in [-0.2, -0.15) is 0 Å². The maximum absolute atomic E-state index is 15.4. The Bertz CT molecular complexity index is 1030. The van der Waals surface area contributed by atoms with E-state index in [4.69, 9.17) is 0 Å². The van der Waals surface area contributed by atoms with Crippen LogP contribution in [0.1, 0.15) is 32.3 Å². The van der Waals surface area contributed by atoms with Crippen LogP contribution >= 0.6 is 0 Å². The van der Waals surface area contributed by atoms with Crippen molar-refractivity contribution in [1.82, 2.24) is 4.98 Å². The molecule has 1 aliphatic rings. The molecule has 1 aromatic heterocycles. The van der Waals surface area contributed by atoms with Gasteiger partial charge in [-0.1, -0.05) is 25.1 Å². The second-order valence-electron chi connectivity index (χ2n) is 7.43. The van der Waals surface area contributed by atoms with Crippen LogP contribution in [0.3, 0.4) is 0 Å². The van der Waals surface area contributed by atoms with Crippen molar-refractivity contribution in [2.75, 3.05) is 5.32 Å². The van der Waals surface area contributed by atoms with Crippen molar-refractivity contribution in [3.8, 4) is 11.1 Å². The minimum Gasteiger partial charge on any atom is -0.390 e. The Labute approximate surface area is 148 Å². The number of anilines is 1. The van der Waals surface area contributed by atoms with Crippen LogP contribution in [-0.2, 0) is 0 Å². The van der Waals surface area contributed by atoms with E-state index in [-0.39, 0.29) is 16.8 Å². The molecule has 2 heterocycles. The molecule has 0 radical (unpaired) electrons. The van der Waals surface area contributed by atoms with Crippen LogP contribution in [0, 0.1) is 17.5 Å². The summed E-state index contributed by atoms with van der Waals surface area (Å²) in [6.45, 7) is 4.95. The number of aliphatic hydroxyl groups is 1. The third kappa shape index (κ3) is 2.18. The molecule has 0 aliphatic carbocycles. The lowest BCUT2D eigenvalue weighted by Crippen LogP contribution is -2.50. The minimum atomic E-state index is -1.24. The van der Waals surface area contributed by atoms with E-state index >= 15 is 4.39 Å². The summed E-state index contributed by atoms with van der Waals surface area (Å²) in [4.78, 5) is 2.95. The molecule has 3 N–H and O–H groups in total. The standard InChI is InChI=1S/C20H19F3N2O/c1-9-12-14(21)13(11-6-4-5-10-7-8-24-17(10)11)15(22)16(23)18(12)25-20(2,3)19(9)26/h4-9,19,24-26H,1-3H3/t9-,19+/m0/s1. The number of hydrogen-bond acceptors (Lipinski definition) is 2. The molecule has 2 atom stereocenters. The maximum Gasteiger partial charge on any atom is 0.183 e. The van der Waals surface area contributed by atoms with E-state index in [0.717, 1.165) is 5.39 Å². The van der Waals surface area contributed by atoms with Gasteiger partial charge in [0.05, 0.1) is 28.4 Å². The number of H-pyrrole nitrogens is 1. The van der Waals surface area contributed by atoms with E-state index in [2.05, 4.69) is 10.3 Å². The summed E-state index contributed by atoms with van der Waals surface area (Å²) < 4.78 is 45.2. The summed E-state index contributed by atoms with van der Waals surface area (Å²) >= 11 is 0. The molecule has 1 aliphatic heterocycles. The quantitative estimate of drug-likeness (QED) is 0.540. The Hall–Kier alpha value is -2.47. The third-order valence-corrected chi connectivity index (χ3v) is 5.33. The van der Waals surface area contributed by atoms with E-state index < -0.39 is 40.6 Å². The fourth-order valence-electron chi connectivity index (χ4n) is 3.94. The van der Waals surface area contributed by atoms with Crippen LogP contribution in [0.2, 0.25) is 0 Å². The summed E-state index contributed by atoms with van der Waals surface area (Å²) in [6, 6.07) is 6.80. The molecule has 136 valence electrons. The van der Waals surface area contributed by atoms with Crippen LogP contribution < -0.4 is 5.32 Å². The number of hydrogen-bond donors (Lipinski definition) is 3. The lowest BCUT2D eigenvalue weighted by atomic mass is 9.77. The normalized spacial score (nSPS) is 21.5. The van der Waals surface area contributed by atoms with E-state index in [1.54, 1.807) is 51.2 Å². The highest BCUT2D eigenvalue weighted by molar-refractivity contribution is 5.95. The van der Waals surface area contributed by atoms with Gasteiger partial charge in [-0.3, -0.25) is 0 Å². The van der Waals surface area contributed by atoms with Gasteiger partial charge in [0.2, 0.25) is 0 Å². The van der Waals surface area contributed by atoms with Crippen LogP contribution in [0.4, 0.5) is 18.9 Å². The average molecular weight is 360 g/mol. The molecule has 0 amide bonds. The van der Waals surface area contributed by atoms with Crippen molar-refractivity contribution >= 4 is 16.6 Å². The molecule has 0 saturated heterocycles. The molecule has 2 aromatic carbocycles. The first kappa shape index (κ1) is 17.0. The molecule has 6 heteroatoms. The summed E-state index contributed by atoms with van der Waals surface area (Å²) in [5.74, 6) is -3.92. The van der Waals surface area contributed by atoms with Gasteiger partial charge in [-0.05, 0) is 25.3 Å². The topological polar surface area (TPSA) is 48.0 Å². The van der Waals surface area contributed by atoms with Crippen molar-refractivity contribution in [2.24, 2.45) is 0 Å². The fourth-order valence-corrected chi connectivity index (χ4v) is 3.94. The number of halogens is 3. The molecular weight excluding hydrogens is 341 g/mol. The molecule has 26 heavy (non-hydrogen) atoms. The second-order valence-corrected chi connectivity index (χ2v) is 7.43. The van der Waals surface area contributed by atoms with Gasteiger partial charge in [-0.15, -0.1) is 0 Å². The Morgan fingerprint density at radius 3 is 2.50 bits per heavy atom. The molecule has 3 nitrogen and oxygen atoms in total. The Balaban J connectivity index is 2.06. The molecule has 0 saturated carbocycles. The van der Waals surface area contributed by atoms with Crippen molar-refractivity contribution in [3.63, 3.8) is 0 Å². The van der Waals surface area contributed by atoms with Gasteiger partial charge in [0.25, 0.3) is 0 Å². The largest absolute Gasteiger partial charge is 0.390 e. The first-order valence-corrected chi connectivity index (χ1v) is 8.47. The highest BCUT2D eigenvalue weighted by Crippen LogP contribution is 2.46. The smallest absolute Gasteiger partial charge is 0.183 e. The minimum absolute atomic E-state index is 0.0331. The number of fused-ring (bicyclic) bond motifs is 2. The highest BCUT2D eigenvalue weighted by atomic mass is 19.2. The molecule has 0 fully saturated rings. The number of para-hydroxylation sites is 1. The molecule has 0 bridgehead atoms. The van der Waals surface area contributed by atoms with Crippen molar-refractivity contribution < 1.29 is 18.3 Å². The Morgan fingerprint density at radius 1 is 1.04 bits per heavy atom. The molecule has 3 aromatic rings. The predicted molar refractivity (Wildman–Crippen MR) is 95.7 cm³/mol. The monoisotopic (exact) mass is 360 g/mol. The summed E-state index contributed by atoms with van der Waals surface area (Å²) in [5, 5.41) is 14.0. The fraction of sp³-hybridized carbons (Fsp3) is 0.300. The highest BCUT2D eigenvalue weighted by Gasteiger charge is 2.43.